The van der Waals surface area contributed by atoms with Gasteiger partial charge in [0, 0.05) is 11.4 Å². The molecule has 2 atom stereocenters. The standard InChI is InChI=1S/C23H28N2O4S/c1-5-7-8-15-9-16-20(10-19(15)29-23(27)21(24)13(3)6-2)28-11-17(22(16)26)18-12-30-14(4)25-18/h9-13,21H,5-8,24H2,1-4H3/t13-,21-/m1/s1. The van der Waals surface area contributed by atoms with Gasteiger partial charge in [-0.25, -0.2) is 9.78 Å². The third-order valence-electron chi connectivity index (χ3n) is 5.39. The number of esters is 1. The van der Waals surface area contributed by atoms with E-state index in [0.717, 1.165) is 29.8 Å². The number of nitrogens with zero attached hydrogens (tertiary/aromatic N) is 1. The number of rotatable bonds is 8. The van der Waals surface area contributed by atoms with Crippen LogP contribution in [0.1, 0.15) is 50.6 Å². The molecule has 30 heavy (non-hydrogen) atoms. The second kappa shape index (κ2) is 9.53. The smallest absolute Gasteiger partial charge is 0.328 e. The molecule has 0 unspecified atom stereocenters. The Morgan fingerprint density at radius 2 is 2.10 bits per heavy atom. The van der Waals surface area contributed by atoms with E-state index in [0.29, 0.717) is 34.4 Å². The van der Waals surface area contributed by atoms with Crippen molar-refractivity contribution in [3.8, 4) is 17.0 Å². The first-order valence-electron chi connectivity index (χ1n) is 10.3. The molecule has 3 aromatic rings. The molecule has 0 amide bonds. The lowest BCUT2D eigenvalue weighted by Crippen LogP contribution is -2.39. The van der Waals surface area contributed by atoms with Gasteiger partial charge in [0.15, 0.2) is 0 Å². The summed E-state index contributed by atoms with van der Waals surface area (Å²) in [6.45, 7) is 7.88. The molecular formula is C23H28N2O4S. The third-order valence-corrected chi connectivity index (χ3v) is 6.16. The van der Waals surface area contributed by atoms with Gasteiger partial charge < -0.3 is 14.9 Å². The molecule has 2 N–H and O–H groups in total. The highest BCUT2D eigenvalue weighted by Crippen LogP contribution is 2.29. The summed E-state index contributed by atoms with van der Waals surface area (Å²) in [5, 5.41) is 3.18. The fraction of sp³-hybridized carbons (Fsp3) is 0.435. The fourth-order valence-corrected chi connectivity index (χ4v) is 3.80. The molecule has 0 saturated carbocycles. The molecule has 0 aliphatic heterocycles. The van der Waals surface area contributed by atoms with E-state index in [1.54, 1.807) is 12.1 Å². The molecule has 0 aliphatic carbocycles. The number of aromatic nitrogens is 1. The van der Waals surface area contributed by atoms with Gasteiger partial charge in [0.2, 0.25) is 5.43 Å². The topological polar surface area (TPSA) is 95.4 Å². The zero-order valence-corrected chi connectivity index (χ0v) is 18.7. The summed E-state index contributed by atoms with van der Waals surface area (Å²) < 4.78 is 11.4. The van der Waals surface area contributed by atoms with Crippen LogP contribution in [0.15, 0.2) is 33.0 Å². The van der Waals surface area contributed by atoms with Crippen molar-refractivity contribution in [2.24, 2.45) is 11.7 Å². The molecule has 0 bridgehead atoms. The Balaban J connectivity index is 2.05. The monoisotopic (exact) mass is 428 g/mol. The van der Waals surface area contributed by atoms with E-state index < -0.39 is 12.0 Å². The number of unbranched alkanes of at least 4 members (excludes halogenated alkanes) is 1. The number of ether oxygens (including phenoxy) is 1. The maximum atomic E-state index is 13.1. The summed E-state index contributed by atoms with van der Waals surface area (Å²) in [7, 11) is 0. The van der Waals surface area contributed by atoms with Crippen LogP contribution < -0.4 is 15.9 Å². The van der Waals surface area contributed by atoms with Gasteiger partial charge in [0.1, 0.15) is 23.6 Å². The number of aryl methyl sites for hydroxylation is 2. The van der Waals surface area contributed by atoms with Crippen molar-refractivity contribution in [2.75, 3.05) is 0 Å². The van der Waals surface area contributed by atoms with Gasteiger partial charge in [-0.1, -0.05) is 33.6 Å². The number of carbonyl (C=O) groups is 1. The summed E-state index contributed by atoms with van der Waals surface area (Å²) >= 11 is 1.48. The van der Waals surface area contributed by atoms with Crippen molar-refractivity contribution >= 4 is 28.3 Å². The first-order valence-corrected chi connectivity index (χ1v) is 11.2. The molecule has 0 saturated heterocycles. The minimum Gasteiger partial charge on any atom is -0.463 e. The lowest BCUT2D eigenvalue weighted by Gasteiger charge is -2.18. The molecule has 6 nitrogen and oxygen atoms in total. The Kier molecular flexibility index (Phi) is 7.05. The number of fused-ring (bicyclic) bond motifs is 1. The average Bonchev–Trinajstić information content (AvgIpc) is 3.17. The van der Waals surface area contributed by atoms with E-state index >= 15 is 0 Å². The first kappa shape index (κ1) is 22.2. The molecular weight excluding hydrogens is 400 g/mol. The van der Waals surface area contributed by atoms with Crippen molar-refractivity contribution in [1.82, 2.24) is 4.98 Å². The highest BCUT2D eigenvalue weighted by molar-refractivity contribution is 7.09. The zero-order chi connectivity index (χ0) is 21.8. The maximum absolute atomic E-state index is 13.1. The predicted octanol–water partition coefficient (Wildman–Crippen LogP) is 4.85. The molecule has 0 radical (unpaired) electrons. The van der Waals surface area contributed by atoms with Crippen LogP contribution in [0.25, 0.3) is 22.2 Å². The molecule has 0 aliphatic rings. The molecule has 0 spiro atoms. The second-order valence-electron chi connectivity index (χ2n) is 7.62. The summed E-state index contributed by atoms with van der Waals surface area (Å²) in [5.41, 5.74) is 8.10. The largest absolute Gasteiger partial charge is 0.463 e. The van der Waals surface area contributed by atoms with Crippen LogP contribution in [0.5, 0.6) is 5.75 Å². The van der Waals surface area contributed by atoms with E-state index in [-0.39, 0.29) is 11.3 Å². The van der Waals surface area contributed by atoms with E-state index in [1.807, 2.05) is 26.2 Å². The summed E-state index contributed by atoms with van der Waals surface area (Å²) in [4.78, 5) is 30.0. The van der Waals surface area contributed by atoms with Gasteiger partial charge in [-0.15, -0.1) is 11.3 Å². The highest BCUT2D eigenvalue weighted by Gasteiger charge is 2.23. The SMILES string of the molecule is CCCCc1cc2c(=O)c(-c3csc(C)n3)coc2cc1OC(=O)[C@H](N)[C@H](C)CC. The van der Waals surface area contributed by atoms with Crippen LogP contribution in [0.4, 0.5) is 0 Å². The van der Waals surface area contributed by atoms with Crippen molar-refractivity contribution in [3.05, 3.63) is 44.6 Å². The number of carbonyl (C=O) groups excluding carboxylic acids is 1. The van der Waals surface area contributed by atoms with Crippen LogP contribution in [0, 0.1) is 12.8 Å². The molecule has 1 aromatic carbocycles. The number of nitrogens with two attached hydrogens (primary N) is 1. The van der Waals surface area contributed by atoms with E-state index in [4.69, 9.17) is 14.9 Å². The number of hydrogen-bond donors (Lipinski definition) is 1. The fourth-order valence-electron chi connectivity index (χ4n) is 3.19. The Morgan fingerprint density at radius 3 is 2.73 bits per heavy atom. The molecule has 2 heterocycles. The van der Waals surface area contributed by atoms with E-state index in [2.05, 4.69) is 11.9 Å². The van der Waals surface area contributed by atoms with Crippen molar-refractivity contribution in [1.29, 1.82) is 0 Å². The van der Waals surface area contributed by atoms with Crippen molar-refractivity contribution in [3.63, 3.8) is 0 Å². The Morgan fingerprint density at radius 1 is 1.33 bits per heavy atom. The Hall–Kier alpha value is -2.51. The highest BCUT2D eigenvalue weighted by atomic mass is 32.1. The minimum atomic E-state index is -0.702. The summed E-state index contributed by atoms with van der Waals surface area (Å²) in [6.07, 6.45) is 4.77. The van der Waals surface area contributed by atoms with Crippen LogP contribution in [0.3, 0.4) is 0 Å². The second-order valence-corrected chi connectivity index (χ2v) is 8.68. The molecule has 2 aromatic heterocycles. The van der Waals surface area contributed by atoms with Crippen LogP contribution >= 0.6 is 11.3 Å². The molecule has 7 heteroatoms. The number of hydrogen-bond acceptors (Lipinski definition) is 7. The van der Waals surface area contributed by atoms with Crippen LogP contribution in [0.2, 0.25) is 0 Å². The lowest BCUT2D eigenvalue weighted by molar-refractivity contribution is -0.137. The van der Waals surface area contributed by atoms with E-state index in [9.17, 15) is 9.59 Å². The van der Waals surface area contributed by atoms with E-state index in [1.165, 1.54) is 17.6 Å². The maximum Gasteiger partial charge on any atom is 0.328 e. The molecule has 3 rings (SSSR count). The lowest BCUT2D eigenvalue weighted by atomic mass is 10.00. The van der Waals surface area contributed by atoms with Crippen molar-refractivity contribution in [2.45, 2.75) is 59.4 Å². The predicted molar refractivity (Wildman–Crippen MR) is 120 cm³/mol. The third kappa shape index (κ3) is 4.63. The molecule has 0 fully saturated rings. The normalized spacial score (nSPS) is 13.4. The number of benzene rings is 1. The Bertz CT molecular complexity index is 1100. The van der Waals surface area contributed by atoms with Gasteiger partial charge in [-0.3, -0.25) is 4.79 Å². The summed E-state index contributed by atoms with van der Waals surface area (Å²) in [6, 6.07) is 2.70. The zero-order valence-electron chi connectivity index (χ0n) is 17.9. The average molecular weight is 429 g/mol. The number of thiazole rings is 1. The van der Waals surface area contributed by atoms with Crippen molar-refractivity contribution < 1.29 is 13.9 Å². The first-order chi connectivity index (χ1) is 14.3. The van der Waals surface area contributed by atoms with Gasteiger partial charge in [0.05, 0.1) is 21.7 Å². The van der Waals surface area contributed by atoms with Gasteiger partial charge in [-0.05, 0) is 37.3 Å². The van der Waals surface area contributed by atoms with Crippen LogP contribution in [-0.4, -0.2) is 17.0 Å². The Labute approximate surface area is 180 Å². The van der Waals surface area contributed by atoms with Gasteiger partial charge >= 0.3 is 5.97 Å². The summed E-state index contributed by atoms with van der Waals surface area (Å²) in [5.74, 6) is -0.0578. The molecule has 160 valence electrons. The van der Waals surface area contributed by atoms with Crippen LogP contribution in [-0.2, 0) is 11.2 Å². The van der Waals surface area contributed by atoms with Gasteiger partial charge in [0.25, 0.3) is 0 Å². The van der Waals surface area contributed by atoms with Gasteiger partial charge in [-0.2, -0.15) is 0 Å². The quantitative estimate of drug-likeness (QED) is 0.407. The minimum absolute atomic E-state index is 0.0131.